The smallest absolute Gasteiger partial charge is 0.225 e. The van der Waals surface area contributed by atoms with Crippen molar-refractivity contribution in [2.24, 2.45) is 5.92 Å². The third kappa shape index (κ3) is 6.02. The van der Waals surface area contributed by atoms with Crippen LogP contribution in [0.5, 0.6) is 5.75 Å². The van der Waals surface area contributed by atoms with E-state index in [0.29, 0.717) is 12.5 Å². The van der Waals surface area contributed by atoms with Gasteiger partial charge in [0.25, 0.3) is 0 Å². The van der Waals surface area contributed by atoms with Crippen LogP contribution < -0.4 is 4.74 Å². The molecule has 1 aliphatic heterocycles. The molecule has 1 amide bonds. The molecule has 0 unspecified atom stereocenters. The fourth-order valence-corrected chi connectivity index (χ4v) is 6.35. The fraction of sp³-hybridized carbons (Fsp3) is 0.412. The highest BCUT2D eigenvalue weighted by Gasteiger charge is 2.32. The molecule has 0 bridgehead atoms. The van der Waals surface area contributed by atoms with E-state index in [0.717, 1.165) is 92.2 Å². The Balaban J connectivity index is 1.24. The van der Waals surface area contributed by atoms with Crippen LogP contribution in [0.2, 0.25) is 0 Å². The second kappa shape index (κ2) is 12.5. The normalized spacial score (nSPS) is 19.9. The molecule has 0 radical (unpaired) electrons. The summed E-state index contributed by atoms with van der Waals surface area (Å²) in [6.07, 6.45) is 6.40. The second-order valence-electron chi connectivity index (χ2n) is 11.2. The van der Waals surface area contributed by atoms with E-state index in [1.165, 1.54) is 5.69 Å². The van der Waals surface area contributed by atoms with Gasteiger partial charge in [-0.15, -0.1) is 0 Å². The van der Waals surface area contributed by atoms with Gasteiger partial charge in [0.2, 0.25) is 5.91 Å². The Morgan fingerprint density at radius 1 is 0.927 bits per heavy atom. The monoisotopic (exact) mass is 552 g/mol. The summed E-state index contributed by atoms with van der Waals surface area (Å²) in [5.74, 6) is 1.28. The molecule has 2 aliphatic rings. The van der Waals surface area contributed by atoms with E-state index in [1.807, 2.05) is 25.1 Å². The van der Waals surface area contributed by atoms with Gasteiger partial charge in [-0.2, -0.15) is 0 Å². The molecule has 7 heteroatoms. The topological polar surface area (TPSA) is 59.3 Å². The Morgan fingerprint density at radius 2 is 1.73 bits per heavy atom. The van der Waals surface area contributed by atoms with Crippen LogP contribution in [-0.4, -0.2) is 71.1 Å². The highest BCUT2D eigenvalue weighted by atomic mass is 16.5. The summed E-state index contributed by atoms with van der Waals surface area (Å²) in [4.78, 5) is 22.9. The molecule has 214 valence electrons. The lowest BCUT2D eigenvalue weighted by molar-refractivity contribution is -0.140. The molecule has 2 aromatic heterocycles. The summed E-state index contributed by atoms with van der Waals surface area (Å²) < 4.78 is 13.6. The van der Waals surface area contributed by atoms with E-state index in [1.54, 1.807) is 7.11 Å². The first-order valence-electron chi connectivity index (χ1n) is 15.0. The Morgan fingerprint density at radius 3 is 2.51 bits per heavy atom. The Bertz CT molecular complexity index is 1480. The predicted molar refractivity (Wildman–Crippen MR) is 162 cm³/mol. The van der Waals surface area contributed by atoms with Crippen molar-refractivity contribution in [1.29, 1.82) is 0 Å². The van der Waals surface area contributed by atoms with Gasteiger partial charge in [-0.3, -0.25) is 9.69 Å². The molecule has 2 aromatic carbocycles. The lowest BCUT2D eigenvalue weighted by atomic mass is 9.86. The number of rotatable bonds is 8. The highest BCUT2D eigenvalue weighted by molar-refractivity contribution is 5.79. The molecule has 1 saturated carbocycles. The summed E-state index contributed by atoms with van der Waals surface area (Å²) in [7, 11) is 1.76. The zero-order chi connectivity index (χ0) is 28.2. The molecule has 1 saturated heterocycles. The summed E-state index contributed by atoms with van der Waals surface area (Å²) in [6, 6.07) is 22.9. The summed E-state index contributed by atoms with van der Waals surface area (Å²) in [5.41, 5.74) is 6.47. The molecule has 7 nitrogen and oxygen atoms in total. The van der Waals surface area contributed by atoms with Gasteiger partial charge in [-0.1, -0.05) is 48.9 Å². The number of imidazole rings is 1. The van der Waals surface area contributed by atoms with Crippen LogP contribution >= 0.6 is 0 Å². The number of benzene rings is 2. The van der Waals surface area contributed by atoms with Gasteiger partial charge in [0.15, 0.2) is 0 Å². The molecule has 2 atom stereocenters. The number of hydrogen-bond donors (Lipinski definition) is 0. The van der Waals surface area contributed by atoms with Crippen molar-refractivity contribution in [2.75, 3.05) is 39.9 Å². The number of aromatic nitrogens is 2. The molecule has 1 aliphatic carbocycles. The minimum Gasteiger partial charge on any atom is -0.494 e. The molecule has 6 rings (SSSR count). The minimum absolute atomic E-state index is 0.100. The number of hydrogen-bond acceptors (Lipinski definition) is 5. The SMILES string of the molecule is CCOc1cccc(-c2ccc3nc(-c4ccccc4)c(CN4CCN(C(=O)[C@H]5CCC[C@H](OC)C5)CC4)n3c2)c1. The zero-order valence-corrected chi connectivity index (χ0v) is 24.2. The standard InChI is InChI=1S/C34H40N4O3/c1-3-41-30-14-7-11-26(21-30)28-15-16-32-35-33(25-9-5-4-6-10-25)31(38(32)23-28)24-36-17-19-37(20-18-36)34(39)27-12-8-13-29(22-27)40-2/h4-7,9-11,14-16,21,23,27,29H,3,8,12-13,17-20,22,24H2,1-2H3/t27-,29-/m0/s1. The number of ether oxygens (including phenoxy) is 2. The number of carbonyl (C=O) groups excluding carboxylic acids is 1. The molecule has 41 heavy (non-hydrogen) atoms. The number of piperazine rings is 1. The lowest BCUT2D eigenvalue weighted by Crippen LogP contribution is -2.50. The van der Waals surface area contributed by atoms with Crippen LogP contribution in [0.3, 0.4) is 0 Å². The minimum atomic E-state index is 0.100. The molecule has 3 heterocycles. The number of methoxy groups -OCH3 is 1. The van der Waals surface area contributed by atoms with Gasteiger partial charge < -0.3 is 18.8 Å². The van der Waals surface area contributed by atoms with Crippen molar-refractivity contribution in [2.45, 2.75) is 45.3 Å². The Labute approximate surface area is 242 Å². The van der Waals surface area contributed by atoms with Crippen molar-refractivity contribution < 1.29 is 14.3 Å². The van der Waals surface area contributed by atoms with Crippen LogP contribution in [0.25, 0.3) is 28.0 Å². The first-order chi connectivity index (χ1) is 20.1. The first-order valence-corrected chi connectivity index (χ1v) is 15.0. The summed E-state index contributed by atoms with van der Waals surface area (Å²) in [6.45, 7) is 6.64. The van der Waals surface area contributed by atoms with Gasteiger partial charge in [-0.25, -0.2) is 4.98 Å². The van der Waals surface area contributed by atoms with Crippen molar-refractivity contribution in [3.05, 3.63) is 78.6 Å². The summed E-state index contributed by atoms with van der Waals surface area (Å²) in [5, 5.41) is 0. The number of nitrogens with zero attached hydrogens (tertiary/aromatic N) is 4. The van der Waals surface area contributed by atoms with Gasteiger partial charge in [0.1, 0.15) is 11.4 Å². The van der Waals surface area contributed by atoms with E-state index in [4.69, 9.17) is 14.5 Å². The van der Waals surface area contributed by atoms with Crippen molar-refractivity contribution in [1.82, 2.24) is 19.2 Å². The average molecular weight is 553 g/mol. The maximum atomic E-state index is 13.3. The molecular formula is C34H40N4O3. The average Bonchev–Trinajstić information content (AvgIpc) is 3.39. The number of pyridine rings is 1. The van der Waals surface area contributed by atoms with E-state index in [-0.39, 0.29) is 12.0 Å². The third-order valence-corrected chi connectivity index (χ3v) is 8.61. The van der Waals surface area contributed by atoms with E-state index in [9.17, 15) is 4.79 Å². The molecule has 0 N–H and O–H groups in total. The van der Waals surface area contributed by atoms with Gasteiger partial charge in [0.05, 0.1) is 24.1 Å². The van der Waals surface area contributed by atoms with Crippen molar-refractivity contribution in [3.8, 4) is 28.1 Å². The van der Waals surface area contributed by atoms with Crippen LogP contribution in [-0.2, 0) is 16.1 Å². The Hall–Kier alpha value is -3.68. The van der Waals surface area contributed by atoms with Gasteiger partial charge >= 0.3 is 0 Å². The largest absolute Gasteiger partial charge is 0.494 e. The van der Waals surface area contributed by atoms with Crippen molar-refractivity contribution in [3.63, 3.8) is 0 Å². The molecule has 2 fully saturated rings. The maximum absolute atomic E-state index is 13.3. The van der Waals surface area contributed by atoms with Gasteiger partial charge in [0, 0.05) is 57.5 Å². The second-order valence-corrected chi connectivity index (χ2v) is 11.2. The van der Waals surface area contributed by atoms with Gasteiger partial charge in [-0.05, 0) is 61.6 Å². The number of carbonyl (C=O) groups is 1. The Kier molecular flexibility index (Phi) is 8.35. The van der Waals surface area contributed by atoms with E-state index < -0.39 is 0 Å². The fourth-order valence-electron chi connectivity index (χ4n) is 6.35. The molecule has 4 aromatic rings. The molecule has 0 spiro atoms. The quantitative estimate of drug-likeness (QED) is 0.272. The van der Waals surface area contributed by atoms with Crippen LogP contribution in [0.1, 0.15) is 38.3 Å². The number of amides is 1. The molecular weight excluding hydrogens is 512 g/mol. The predicted octanol–water partition coefficient (Wildman–Crippen LogP) is 5.92. The van der Waals surface area contributed by atoms with Crippen LogP contribution in [0, 0.1) is 5.92 Å². The zero-order valence-electron chi connectivity index (χ0n) is 24.2. The third-order valence-electron chi connectivity index (χ3n) is 8.61. The van der Waals surface area contributed by atoms with Crippen LogP contribution in [0.15, 0.2) is 72.9 Å². The highest BCUT2D eigenvalue weighted by Crippen LogP contribution is 2.31. The van der Waals surface area contributed by atoms with E-state index >= 15 is 0 Å². The maximum Gasteiger partial charge on any atom is 0.225 e. The van der Waals surface area contributed by atoms with Crippen molar-refractivity contribution >= 4 is 11.6 Å². The lowest BCUT2D eigenvalue weighted by Gasteiger charge is -2.38. The first kappa shape index (κ1) is 27.5. The van der Waals surface area contributed by atoms with E-state index in [2.05, 4.69) is 68.9 Å². The number of fused-ring (bicyclic) bond motifs is 1. The summed E-state index contributed by atoms with van der Waals surface area (Å²) >= 11 is 0. The van der Waals surface area contributed by atoms with Crippen LogP contribution in [0.4, 0.5) is 0 Å².